The van der Waals surface area contributed by atoms with Gasteiger partial charge in [0.1, 0.15) is 6.54 Å². The average molecular weight is 168 g/mol. The van der Waals surface area contributed by atoms with Gasteiger partial charge in [0, 0.05) is 5.71 Å². The Hall–Kier alpha value is -0.740. The van der Waals surface area contributed by atoms with Crippen LogP contribution in [-0.4, -0.2) is 18.4 Å². The molecule has 0 spiro atoms. The van der Waals surface area contributed by atoms with Crippen LogP contribution in [0.2, 0.25) is 0 Å². The number of rotatable bonds is 3. The molecule has 0 saturated heterocycles. The van der Waals surface area contributed by atoms with Gasteiger partial charge >= 0.3 is 6.18 Å². The molecule has 0 aromatic carbocycles. The van der Waals surface area contributed by atoms with Crippen molar-refractivity contribution in [2.45, 2.75) is 26.4 Å². The van der Waals surface area contributed by atoms with Crippen molar-refractivity contribution in [2.24, 2.45) is 5.10 Å². The Morgan fingerprint density at radius 1 is 1.45 bits per heavy atom. The fourth-order valence-electron chi connectivity index (χ4n) is 0.343. The molecule has 0 rings (SSSR count). The van der Waals surface area contributed by atoms with Gasteiger partial charge in [0.25, 0.3) is 0 Å². The Balaban J connectivity index is 3.57. The van der Waals surface area contributed by atoms with Gasteiger partial charge < -0.3 is 5.43 Å². The fraction of sp³-hybridized carbons (Fsp3) is 0.833. The Bertz CT molecular complexity index is 139. The van der Waals surface area contributed by atoms with Crippen molar-refractivity contribution in [3.63, 3.8) is 0 Å². The van der Waals surface area contributed by atoms with E-state index in [1.807, 2.05) is 12.3 Å². The van der Waals surface area contributed by atoms with Crippen molar-refractivity contribution in [1.29, 1.82) is 0 Å². The topological polar surface area (TPSA) is 24.4 Å². The lowest BCUT2D eigenvalue weighted by atomic mass is 10.3. The third-order valence-electron chi connectivity index (χ3n) is 1.06. The Morgan fingerprint density at radius 2 is 2.00 bits per heavy atom. The number of hydrogen-bond acceptors (Lipinski definition) is 2. The minimum absolute atomic E-state index is 0.658. The van der Waals surface area contributed by atoms with Crippen molar-refractivity contribution in [3.8, 4) is 0 Å². The van der Waals surface area contributed by atoms with Gasteiger partial charge in [0.05, 0.1) is 0 Å². The van der Waals surface area contributed by atoms with Gasteiger partial charge in [0.15, 0.2) is 0 Å². The first-order chi connectivity index (χ1) is 4.95. The quantitative estimate of drug-likeness (QED) is 0.505. The summed E-state index contributed by atoms with van der Waals surface area (Å²) in [6.45, 7) is 2.43. The lowest BCUT2D eigenvalue weighted by Crippen LogP contribution is -2.25. The first-order valence-electron chi connectivity index (χ1n) is 3.28. The summed E-state index contributed by atoms with van der Waals surface area (Å²) in [5.41, 5.74) is 2.60. The van der Waals surface area contributed by atoms with Gasteiger partial charge in [-0.15, -0.1) is 0 Å². The monoisotopic (exact) mass is 168 g/mol. The molecule has 2 nitrogen and oxygen atoms in total. The first-order valence-corrected chi connectivity index (χ1v) is 3.28. The van der Waals surface area contributed by atoms with Gasteiger partial charge in [-0.1, -0.05) is 6.92 Å². The number of nitrogens with one attached hydrogen (secondary N) is 1. The second kappa shape index (κ2) is 4.20. The fourth-order valence-corrected chi connectivity index (χ4v) is 0.343. The molecule has 0 aromatic rings. The summed E-state index contributed by atoms with van der Waals surface area (Å²) in [6.07, 6.45) is -3.53. The van der Waals surface area contributed by atoms with E-state index in [1.165, 1.54) is 0 Å². The lowest BCUT2D eigenvalue weighted by Gasteiger charge is -2.05. The molecule has 0 aliphatic heterocycles. The maximum absolute atomic E-state index is 11.5. The van der Waals surface area contributed by atoms with E-state index in [0.717, 1.165) is 0 Å². The molecule has 0 heterocycles. The van der Waals surface area contributed by atoms with Crippen molar-refractivity contribution in [3.05, 3.63) is 0 Å². The molecule has 0 fully saturated rings. The van der Waals surface area contributed by atoms with E-state index in [4.69, 9.17) is 0 Å². The normalized spacial score (nSPS) is 13.4. The van der Waals surface area contributed by atoms with Gasteiger partial charge in [-0.2, -0.15) is 18.3 Å². The van der Waals surface area contributed by atoms with Crippen LogP contribution in [-0.2, 0) is 0 Å². The second-order valence-electron chi connectivity index (χ2n) is 2.15. The SMILES string of the molecule is CC/C(C)=N\NCC(F)(F)F. The van der Waals surface area contributed by atoms with E-state index < -0.39 is 12.7 Å². The zero-order valence-electron chi connectivity index (χ0n) is 6.50. The highest BCUT2D eigenvalue weighted by Gasteiger charge is 2.26. The van der Waals surface area contributed by atoms with Gasteiger partial charge in [-0.05, 0) is 13.3 Å². The average Bonchev–Trinajstić information content (AvgIpc) is 1.85. The number of hydrazone groups is 1. The minimum atomic E-state index is -4.18. The van der Waals surface area contributed by atoms with Crippen LogP contribution < -0.4 is 5.43 Å². The van der Waals surface area contributed by atoms with Crippen molar-refractivity contribution >= 4 is 5.71 Å². The molecule has 66 valence electrons. The summed E-state index contributed by atoms with van der Waals surface area (Å²) in [6, 6.07) is 0. The van der Waals surface area contributed by atoms with Crippen LogP contribution in [0.15, 0.2) is 5.10 Å². The first kappa shape index (κ1) is 10.3. The summed E-state index contributed by atoms with van der Waals surface area (Å²) < 4.78 is 34.4. The van der Waals surface area contributed by atoms with Crippen LogP contribution in [0.5, 0.6) is 0 Å². The van der Waals surface area contributed by atoms with E-state index >= 15 is 0 Å². The molecule has 0 amide bonds. The van der Waals surface area contributed by atoms with E-state index in [2.05, 4.69) is 5.10 Å². The van der Waals surface area contributed by atoms with E-state index in [1.54, 1.807) is 6.92 Å². The molecule has 0 atom stereocenters. The standard InChI is InChI=1S/C6H11F3N2/c1-3-5(2)11-10-4-6(7,8)9/h10H,3-4H2,1-2H3/b11-5-. The second-order valence-corrected chi connectivity index (χ2v) is 2.15. The maximum Gasteiger partial charge on any atom is 0.407 e. The third-order valence-corrected chi connectivity index (χ3v) is 1.06. The molecule has 0 radical (unpaired) electrons. The molecular formula is C6H11F3N2. The van der Waals surface area contributed by atoms with Crippen LogP contribution in [0.25, 0.3) is 0 Å². The molecule has 5 heteroatoms. The van der Waals surface area contributed by atoms with Gasteiger partial charge in [0.2, 0.25) is 0 Å². The van der Waals surface area contributed by atoms with E-state index in [9.17, 15) is 13.2 Å². The molecule has 1 N–H and O–H groups in total. The number of hydrogen-bond donors (Lipinski definition) is 1. The lowest BCUT2D eigenvalue weighted by molar-refractivity contribution is -0.124. The molecule has 0 bridgehead atoms. The third kappa shape index (κ3) is 7.15. The van der Waals surface area contributed by atoms with E-state index in [0.29, 0.717) is 12.1 Å². The van der Waals surface area contributed by atoms with Crippen LogP contribution in [0.4, 0.5) is 13.2 Å². The molecule has 0 aromatic heterocycles. The maximum atomic E-state index is 11.5. The Kier molecular flexibility index (Phi) is 3.92. The zero-order valence-corrected chi connectivity index (χ0v) is 6.50. The summed E-state index contributed by atoms with van der Waals surface area (Å²) >= 11 is 0. The van der Waals surface area contributed by atoms with Gasteiger partial charge in [-0.3, -0.25) is 0 Å². The molecule has 0 aliphatic rings. The van der Waals surface area contributed by atoms with Crippen LogP contribution in [0.1, 0.15) is 20.3 Å². The Labute approximate surface area is 63.5 Å². The number of alkyl halides is 3. The zero-order chi connectivity index (χ0) is 8.91. The smallest absolute Gasteiger partial charge is 0.301 e. The van der Waals surface area contributed by atoms with E-state index in [-0.39, 0.29) is 0 Å². The van der Waals surface area contributed by atoms with Crippen LogP contribution in [0, 0.1) is 0 Å². The molecule has 11 heavy (non-hydrogen) atoms. The van der Waals surface area contributed by atoms with Crippen LogP contribution >= 0.6 is 0 Å². The summed E-state index contributed by atoms with van der Waals surface area (Å²) in [5.74, 6) is 0. The van der Waals surface area contributed by atoms with Crippen molar-refractivity contribution < 1.29 is 13.2 Å². The highest BCUT2D eigenvalue weighted by atomic mass is 19.4. The number of halogens is 3. The minimum Gasteiger partial charge on any atom is -0.301 e. The molecule has 0 saturated carbocycles. The molecule has 0 aliphatic carbocycles. The van der Waals surface area contributed by atoms with Gasteiger partial charge in [-0.25, -0.2) is 0 Å². The van der Waals surface area contributed by atoms with Crippen molar-refractivity contribution in [2.75, 3.05) is 6.54 Å². The number of nitrogens with zero attached hydrogens (tertiary/aromatic N) is 1. The summed E-state index contributed by atoms with van der Waals surface area (Å²) in [5, 5.41) is 3.47. The highest BCUT2D eigenvalue weighted by molar-refractivity contribution is 5.81. The van der Waals surface area contributed by atoms with Crippen molar-refractivity contribution in [1.82, 2.24) is 5.43 Å². The summed E-state index contributed by atoms with van der Waals surface area (Å²) in [7, 11) is 0. The molecule has 0 unspecified atom stereocenters. The predicted octanol–water partition coefficient (Wildman–Crippen LogP) is 1.92. The Morgan fingerprint density at radius 3 is 2.36 bits per heavy atom. The predicted molar refractivity (Wildman–Crippen MR) is 37.5 cm³/mol. The molecular weight excluding hydrogens is 157 g/mol. The summed E-state index contributed by atoms with van der Waals surface area (Å²) in [4.78, 5) is 0. The van der Waals surface area contributed by atoms with Crippen LogP contribution in [0.3, 0.4) is 0 Å². The largest absolute Gasteiger partial charge is 0.407 e. The highest BCUT2D eigenvalue weighted by Crippen LogP contribution is 2.11.